The Bertz CT molecular complexity index is 530. The van der Waals surface area contributed by atoms with Gasteiger partial charge in [0.05, 0.1) is 0 Å². The van der Waals surface area contributed by atoms with Crippen LogP contribution in [-0.2, 0) is 0 Å². The van der Waals surface area contributed by atoms with Gasteiger partial charge >= 0.3 is 0 Å². The molecule has 0 spiro atoms. The van der Waals surface area contributed by atoms with Crippen molar-refractivity contribution < 1.29 is 4.79 Å². The zero-order valence-electron chi connectivity index (χ0n) is 7.90. The quantitative estimate of drug-likeness (QED) is 0.458. The van der Waals surface area contributed by atoms with Crippen LogP contribution in [0.15, 0.2) is 23.4 Å². The molecule has 0 saturated carbocycles. The summed E-state index contributed by atoms with van der Waals surface area (Å²) in [6.45, 7) is 0. The summed E-state index contributed by atoms with van der Waals surface area (Å²) in [5, 5.41) is 3.02. The number of aldehydes is 1. The SMILES string of the molecule is CSc1nc(C=O)cc2cnc(Cl)cc12. The van der Waals surface area contributed by atoms with Crippen LogP contribution in [0.25, 0.3) is 10.8 Å². The van der Waals surface area contributed by atoms with Crippen LogP contribution < -0.4 is 0 Å². The molecule has 2 aromatic heterocycles. The van der Waals surface area contributed by atoms with Crippen LogP contribution in [0.4, 0.5) is 0 Å². The minimum absolute atomic E-state index is 0.413. The highest BCUT2D eigenvalue weighted by Gasteiger charge is 2.05. The highest BCUT2D eigenvalue weighted by molar-refractivity contribution is 7.98. The van der Waals surface area contributed by atoms with Crippen molar-refractivity contribution in [2.45, 2.75) is 5.03 Å². The maximum atomic E-state index is 10.7. The second-order valence-corrected chi connectivity index (χ2v) is 4.08. The normalized spacial score (nSPS) is 10.5. The Morgan fingerprint density at radius 3 is 2.93 bits per heavy atom. The monoisotopic (exact) mass is 238 g/mol. The van der Waals surface area contributed by atoms with Crippen molar-refractivity contribution in [3.05, 3.63) is 29.2 Å². The fourth-order valence-electron chi connectivity index (χ4n) is 1.33. The van der Waals surface area contributed by atoms with Crippen molar-refractivity contribution in [3.8, 4) is 0 Å². The molecule has 0 N–H and O–H groups in total. The first-order valence-corrected chi connectivity index (χ1v) is 5.80. The number of fused-ring (bicyclic) bond motifs is 1. The van der Waals surface area contributed by atoms with E-state index in [0.29, 0.717) is 10.8 Å². The van der Waals surface area contributed by atoms with Crippen LogP contribution in [0.3, 0.4) is 0 Å². The van der Waals surface area contributed by atoms with E-state index in [1.54, 1.807) is 18.3 Å². The van der Waals surface area contributed by atoms with Gasteiger partial charge in [-0.2, -0.15) is 0 Å². The molecule has 2 rings (SSSR count). The van der Waals surface area contributed by atoms with Gasteiger partial charge in [-0.25, -0.2) is 9.97 Å². The first kappa shape index (κ1) is 10.4. The molecule has 0 aliphatic heterocycles. The fourth-order valence-corrected chi connectivity index (χ4v) is 2.08. The predicted octanol–water partition coefficient (Wildman–Crippen LogP) is 2.82. The molecule has 0 fully saturated rings. The van der Waals surface area contributed by atoms with Crippen molar-refractivity contribution in [2.75, 3.05) is 6.26 Å². The summed E-state index contributed by atoms with van der Waals surface area (Å²) in [6, 6.07) is 3.45. The minimum atomic E-state index is 0.413. The summed E-state index contributed by atoms with van der Waals surface area (Å²) in [6.07, 6.45) is 4.28. The number of rotatable bonds is 2. The second kappa shape index (κ2) is 4.16. The van der Waals surface area contributed by atoms with Crippen LogP contribution in [0.5, 0.6) is 0 Å². The largest absolute Gasteiger partial charge is 0.296 e. The van der Waals surface area contributed by atoms with Crippen LogP contribution in [0.1, 0.15) is 10.5 Å². The lowest BCUT2D eigenvalue weighted by atomic mass is 10.2. The standard InChI is InChI=1S/C10H7ClN2OS/c1-15-10-8-3-9(11)12-4-6(8)2-7(5-14)13-10/h2-5H,1H3. The Labute approximate surface area is 95.9 Å². The molecule has 0 aliphatic carbocycles. The molecule has 0 unspecified atom stereocenters. The van der Waals surface area contributed by atoms with E-state index in [0.717, 1.165) is 22.1 Å². The molecule has 0 radical (unpaired) electrons. The molecule has 76 valence electrons. The van der Waals surface area contributed by atoms with Gasteiger partial charge in [-0.15, -0.1) is 11.8 Å². The Hall–Kier alpha value is -1.13. The molecule has 2 aromatic rings. The molecule has 0 bridgehead atoms. The minimum Gasteiger partial charge on any atom is -0.296 e. The van der Waals surface area contributed by atoms with E-state index >= 15 is 0 Å². The van der Waals surface area contributed by atoms with Gasteiger partial charge < -0.3 is 0 Å². The Morgan fingerprint density at radius 1 is 1.47 bits per heavy atom. The van der Waals surface area contributed by atoms with Crippen molar-refractivity contribution in [3.63, 3.8) is 0 Å². The van der Waals surface area contributed by atoms with Crippen LogP contribution in [-0.4, -0.2) is 22.5 Å². The van der Waals surface area contributed by atoms with Crippen molar-refractivity contribution in [1.82, 2.24) is 9.97 Å². The van der Waals surface area contributed by atoms with Gasteiger partial charge in [-0.05, 0) is 18.4 Å². The van der Waals surface area contributed by atoms with Gasteiger partial charge in [0.15, 0.2) is 6.29 Å². The van der Waals surface area contributed by atoms with E-state index < -0.39 is 0 Å². The molecular formula is C10H7ClN2OS. The summed E-state index contributed by atoms with van der Waals surface area (Å²) < 4.78 is 0. The number of carbonyl (C=O) groups excluding carboxylic acids is 1. The molecule has 2 heterocycles. The van der Waals surface area contributed by atoms with Crippen LogP contribution >= 0.6 is 23.4 Å². The number of hydrogen-bond acceptors (Lipinski definition) is 4. The third-order valence-electron chi connectivity index (χ3n) is 1.98. The molecule has 5 heteroatoms. The van der Waals surface area contributed by atoms with Crippen molar-refractivity contribution in [1.29, 1.82) is 0 Å². The maximum Gasteiger partial charge on any atom is 0.168 e. The smallest absolute Gasteiger partial charge is 0.168 e. The summed E-state index contributed by atoms with van der Waals surface area (Å²) in [5.74, 6) is 0. The zero-order chi connectivity index (χ0) is 10.8. The maximum absolute atomic E-state index is 10.7. The molecule has 0 aliphatic rings. The Balaban J connectivity index is 2.80. The number of halogens is 1. The average Bonchev–Trinajstić information content (AvgIpc) is 2.27. The lowest BCUT2D eigenvalue weighted by Gasteiger charge is -2.03. The number of aromatic nitrogens is 2. The predicted molar refractivity (Wildman–Crippen MR) is 61.7 cm³/mol. The average molecular weight is 239 g/mol. The topological polar surface area (TPSA) is 42.9 Å². The number of thioether (sulfide) groups is 1. The molecule has 15 heavy (non-hydrogen) atoms. The van der Waals surface area contributed by atoms with E-state index in [-0.39, 0.29) is 0 Å². The number of hydrogen-bond donors (Lipinski definition) is 0. The molecule has 3 nitrogen and oxygen atoms in total. The lowest BCUT2D eigenvalue weighted by Crippen LogP contribution is -1.91. The third kappa shape index (κ3) is 1.96. The van der Waals surface area contributed by atoms with Gasteiger partial charge in [0, 0.05) is 17.0 Å². The molecule has 0 amide bonds. The molecule has 0 aromatic carbocycles. The summed E-state index contributed by atoms with van der Waals surface area (Å²) >= 11 is 7.28. The Morgan fingerprint density at radius 2 is 2.27 bits per heavy atom. The van der Waals surface area contributed by atoms with Gasteiger partial charge in [-0.1, -0.05) is 11.6 Å². The number of nitrogens with zero attached hydrogens (tertiary/aromatic N) is 2. The van der Waals surface area contributed by atoms with Gasteiger partial charge in [0.25, 0.3) is 0 Å². The Kier molecular flexibility index (Phi) is 2.88. The van der Waals surface area contributed by atoms with E-state index in [1.807, 2.05) is 6.26 Å². The van der Waals surface area contributed by atoms with Crippen molar-refractivity contribution in [2.24, 2.45) is 0 Å². The number of carbonyl (C=O) groups is 1. The number of pyridine rings is 2. The first-order chi connectivity index (χ1) is 7.24. The lowest BCUT2D eigenvalue weighted by molar-refractivity contribution is 0.111. The van der Waals surface area contributed by atoms with Gasteiger partial charge in [0.2, 0.25) is 0 Å². The molecule has 0 saturated heterocycles. The van der Waals surface area contributed by atoms with Gasteiger partial charge in [0.1, 0.15) is 15.9 Å². The molecule has 0 atom stereocenters. The summed E-state index contributed by atoms with van der Waals surface area (Å²) in [4.78, 5) is 18.8. The fraction of sp³-hybridized carbons (Fsp3) is 0.100. The van der Waals surface area contributed by atoms with Gasteiger partial charge in [-0.3, -0.25) is 4.79 Å². The summed E-state index contributed by atoms with van der Waals surface area (Å²) in [5.41, 5.74) is 0.413. The zero-order valence-corrected chi connectivity index (χ0v) is 9.47. The van der Waals surface area contributed by atoms with E-state index in [2.05, 4.69) is 9.97 Å². The van der Waals surface area contributed by atoms with E-state index in [1.165, 1.54) is 11.8 Å². The highest BCUT2D eigenvalue weighted by Crippen LogP contribution is 2.26. The second-order valence-electron chi connectivity index (χ2n) is 2.90. The highest BCUT2D eigenvalue weighted by atomic mass is 35.5. The van der Waals surface area contributed by atoms with Crippen LogP contribution in [0, 0.1) is 0 Å². The summed E-state index contributed by atoms with van der Waals surface area (Å²) in [7, 11) is 0. The third-order valence-corrected chi connectivity index (χ3v) is 2.88. The van der Waals surface area contributed by atoms with Crippen LogP contribution in [0.2, 0.25) is 5.15 Å². The molecular weight excluding hydrogens is 232 g/mol. The van der Waals surface area contributed by atoms with E-state index in [9.17, 15) is 4.79 Å². The van der Waals surface area contributed by atoms with Crippen molar-refractivity contribution >= 4 is 40.4 Å². The van der Waals surface area contributed by atoms with E-state index in [4.69, 9.17) is 11.6 Å². The first-order valence-electron chi connectivity index (χ1n) is 4.20.